The molecule has 6 aromatic carbocycles. The SMILES string of the molecule is [C-]#[N+]c1cc(-n2c3ccc(OC)cc3c3cc(OC)ccc32)ccc1-c1ccc(-n2c3ccc(C)cc3c3cc(C)ccc32)cc1C#N. The van der Waals surface area contributed by atoms with Crippen LogP contribution in [0.3, 0.4) is 0 Å². The molecule has 48 heavy (non-hydrogen) atoms. The van der Waals surface area contributed by atoms with Gasteiger partial charge in [-0.25, -0.2) is 4.85 Å². The molecule has 0 aliphatic heterocycles. The molecule has 0 atom stereocenters. The van der Waals surface area contributed by atoms with Crippen LogP contribution in [0, 0.1) is 31.8 Å². The van der Waals surface area contributed by atoms with Gasteiger partial charge in [0.1, 0.15) is 11.5 Å². The summed E-state index contributed by atoms with van der Waals surface area (Å²) in [6, 6.07) is 39.3. The summed E-state index contributed by atoms with van der Waals surface area (Å²) < 4.78 is 15.5. The Bertz CT molecular complexity index is 2580. The van der Waals surface area contributed by atoms with Crippen LogP contribution in [-0.4, -0.2) is 23.4 Å². The van der Waals surface area contributed by atoms with Gasteiger partial charge in [0.2, 0.25) is 0 Å². The van der Waals surface area contributed by atoms with Crippen LogP contribution in [0.4, 0.5) is 5.69 Å². The molecule has 230 valence electrons. The summed E-state index contributed by atoms with van der Waals surface area (Å²) in [5, 5.41) is 14.8. The second-order valence-electron chi connectivity index (χ2n) is 12.1. The minimum Gasteiger partial charge on any atom is -0.497 e. The average molecular weight is 623 g/mol. The first kappa shape index (κ1) is 28.9. The lowest BCUT2D eigenvalue weighted by atomic mass is 9.97. The van der Waals surface area contributed by atoms with Crippen molar-refractivity contribution in [2.45, 2.75) is 13.8 Å². The molecule has 8 aromatic rings. The van der Waals surface area contributed by atoms with Gasteiger partial charge in [0.15, 0.2) is 5.69 Å². The summed E-state index contributed by atoms with van der Waals surface area (Å²) in [4.78, 5) is 3.96. The molecule has 0 spiro atoms. The summed E-state index contributed by atoms with van der Waals surface area (Å²) in [6.45, 7) is 12.4. The Kier molecular flexibility index (Phi) is 6.68. The quantitative estimate of drug-likeness (QED) is 0.180. The summed E-state index contributed by atoms with van der Waals surface area (Å²) in [5.74, 6) is 1.53. The van der Waals surface area contributed by atoms with E-state index < -0.39 is 0 Å². The average Bonchev–Trinajstić information content (AvgIpc) is 3.62. The topological polar surface area (TPSA) is 56.5 Å². The van der Waals surface area contributed by atoms with Crippen molar-refractivity contribution in [2.75, 3.05) is 14.2 Å². The molecule has 0 unspecified atom stereocenters. The van der Waals surface area contributed by atoms with Gasteiger partial charge in [0.05, 0.1) is 54.5 Å². The van der Waals surface area contributed by atoms with Crippen LogP contribution < -0.4 is 9.47 Å². The molecule has 0 amide bonds. The maximum absolute atomic E-state index is 10.4. The molecule has 0 radical (unpaired) electrons. The van der Waals surface area contributed by atoms with Gasteiger partial charge >= 0.3 is 0 Å². The van der Waals surface area contributed by atoms with E-state index >= 15 is 0 Å². The zero-order valence-electron chi connectivity index (χ0n) is 27.0. The van der Waals surface area contributed by atoms with Crippen molar-refractivity contribution < 1.29 is 9.47 Å². The minimum atomic E-state index is 0.469. The summed E-state index contributed by atoms with van der Waals surface area (Å²) in [5.41, 5.74) is 10.7. The molecular weight excluding hydrogens is 592 g/mol. The lowest BCUT2D eigenvalue weighted by molar-refractivity contribution is 0.415. The number of benzene rings is 6. The smallest absolute Gasteiger partial charge is 0.197 e. The van der Waals surface area contributed by atoms with Crippen molar-refractivity contribution in [3.63, 3.8) is 0 Å². The van der Waals surface area contributed by atoms with E-state index in [1.165, 1.54) is 21.9 Å². The van der Waals surface area contributed by atoms with Gasteiger partial charge in [0.25, 0.3) is 0 Å². The highest BCUT2D eigenvalue weighted by molar-refractivity contribution is 6.11. The summed E-state index contributed by atoms with van der Waals surface area (Å²) >= 11 is 0. The predicted octanol–water partition coefficient (Wildman–Crippen LogP) is 10.6. The Morgan fingerprint density at radius 3 is 1.50 bits per heavy atom. The molecule has 0 saturated heterocycles. The van der Waals surface area contributed by atoms with E-state index in [-0.39, 0.29) is 0 Å². The predicted molar refractivity (Wildman–Crippen MR) is 194 cm³/mol. The van der Waals surface area contributed by atoms with Gasteiger partial charge in [0, 0.05) is 32.9 Å². The third-order valence-electron chi connectivity index (χ3n) is 9.29. The maximum Gasteiger partial charge on any atom is 0.197 e. The van der Waals surface area contributed by atoms with Crippen LogP contribution in [0.1, 0.15) is 16.7 Å². The van der Waals surface area contributed by atoms with E-state index in [4.69, 9.17) is 16.0 Å². The highest BCUT2D eigenvalue weighted by atomic mass is 16.5. The van der Waals surface area contributed by atoms with E-state index in [2.05, 4.69) is 70.3 Å². The summed E-state index contributed by atoms with van der Waals surface area (Å²) in [6.07, 6.45) is 0. The van der Waals surface area contributed by atoms with E-state index in [1.807, 2.05) is 72.8 Å². The lowest BCUT2D eigenvalue weighted by Gasteiger charge is -2.14. The second kappa shape index (κ2) is 11.1. The lowest BCUT2D eigenvalue weighted by Crippen LogP contribution is -1.97. The number of fused-ring (bicyclic) bond motifs is 6. The fourth-order valence-corrected chi connectivity index (χ4v) is 7.02. The number of rotatable bonds is 5. The number of nitriles is 1. The number of ether oxygens (including phenoxy) is 2. The fourth-order valence-electron chi connectivity index (χ4n) is 7.02. The molecule has 0 aliphatic rings. The standard InChI is InChI=1S/C42H30N4O2/c1-25-6-14-39-34(18-25)35-19-26(2)7-15-40(35)45(39)28-8-12-32(27(20-28)24-43)33-13-9-29(21-38(33)44-3)46-41-16-10-30(47-4)22-36(41)37-23-31(48-5)11-17-42(37)46/h6-23H,1-2,4-5H3. The Morgan fingerprint density at radius 1 is 0.562 bits per heavy atom. The Morgan fingerprint density at radius 2 is 1.02 bits per heavy atom. The third-order valence-corrected chi connectivity index (χ3v) is 9.29. The Balaban J connectivity index is 1.29. The highest BCUT2D eigenvalue weighted by Gasteiger charge is 2.19. The van der Waals surface area contributed by atoms with Crippen LogP contribution >= 0.6 is 0 Å². The third kappa shape index (κ3) is 4.39. The normalized spacial score (nSPS) is 11.3. The molecule has 6 nitrogen and oxygen atoms in total. The van der Waals surface area contributed by atoms with Crippen molar-refractivity contribution in [1.82, 2.24) is 9.13 Å². The molecule has 6 heteroatoms. The van der Waals surface area contributed by atoms with Crippen LogP contribution in [-0.2, 0) is 0 Å². The highest BCUT2D eigenvalue weighted by Crippen LogP contribution is 2.41. The number of aromatic nitrogens is 2. The van der Waals surface area contributed by atoms with Crippen molar-refractivity contribution in [3.8, 4) is 40.1 Å². The van der Waals surface area contributed by atoms with Gasteiger partial charge in [-0.05, 0) is 110 Å². The number of nitrogens with zero attached hydrogens (tertiary/aromatic N) is 4. The molecular formula is C42H30N4O2. The molecule has 0 bridgehead atoms. The molecule has 0 aliphatic carbocycles. The van der Waals surface area contributed by atoms with Gasteiger partial charge in [-0.2, -0.15) is 5.26 Å². The molecule has 2 aromatic heterocycles. The largest absolute Gasteiger partial charge is 0.497 e. The van der Waals surface area contributed by atoms with Gasteiger partial charge in [-0.15, -0.1) is 0 Å². The number of hydrogen-bond acceptors (Lipinski definition) is 3. The van der Waals surface area contributed by atoms with Crippen LogP contribution in [0.25, 0.3) is 71.0 Å². The van der Waals surface area contributed by atoms with Gasteiger partial charge in [-0.1, -0.05) is 35.4 Å². The van der Waals surface area contributed by atoms with Crippen LogP contribution in [0.15, 0.2) is 109 Å². The van der Waals surface area contributed by atoms with E-state index in [1.54, 1.807) is 14.2 Å². The number of methoxy groups -OCH3 is 2. The molecule has 0 fully saturated rings. The minimum absolute atomic E-state index is 0.469. The Hall–Kier alpha value is -6.50. The van der Waals surface area contributed by atoms with Gasteiger partial charge < -0.3 is 18.6 Å². The zero-order chi connectivity index (χ0) is 33.1. The van der Waals surface area contributed by atoms with E-state index in [0.29, 0.717) is 11.3 Å². The number of aryl methyl sites for hydroxylation is 2. The monoisotopic (exact) mass is 622 g/mol. The summed E-state index contributed by atoms with van der Waals surface area (Å²) in [7, 11) is 3.32. The van der Waals surface area contributed by atoms with Crippen molar-refractivity contribution in [2.24, 2.45) is 0 Å². The number of hydrogen-bond donors (Lipinski definition) is 0. The van der Waals surface area contributed by atoms with E-state index in [0.717, 1.165) is 66.8 Å². The van der Waals surface area contributed by atoms with Crippen molar-refractivity contribution in [3.05, 3.63) is 137 Å². The van der Waals surface area contributed by atoms with Crippen LogP contribution in [0.2, 0.25) is 0 Å². The molecule has 0 N–H and O–H groups in total. The Labute approximate surface area is 278 Å². The fraction of sp³-hybridized carbons (Fsp3) is 0.0952. The molecule has 2 heterocycles. The van der Waals surface area contributed by atoms with Crippen molar-refractivity contribution in [1.29, 1.82) is 5.26 Å². The molecule has 0 saturated carbocycles. The first-order valence-corrected chi connectivity index (χ1v) is 15.7. The molecule has 8 rings (SSSR count). The maximum atomic E-state index is 10.4. The van der Waals surface area contributed by atoms with Crippen molar-refractivity contribution >= 4 is 49.3 Å². The zero-order valence-corrected chi connectivity index (χ0v) is 27.0. The van der Waals surface area contributed by atoms with Gasteiger partial charge in [-0.3, -0.25) is 0 Å². The first-order valence-electron chi connectivity index (χ1n) is 15.7. The second-order valence-corrected chi connectivity index (χ2v) is 12.1. The van der Waals surface area contributed by atoms with Crippen LogP contribution in [0.5, 0.6) is 11.5 Å². The van der Waals surface area contributed by atoms with E-state index in [9.17, 15) is 5.26 Å². The first-order chi connectivity index (χ1) is 23.4.